The normalized spacial score (nSPS) is 21.4. The largest absolute Gasteiger partial charge is 0.390 e. The molecule has 1 atom stereocenters. The van der Waals surface area contributed by atoms with Gasteiger partial charge in [0.1, 0.15) is 5.82 Å². The summed E-state index contributed by atoms with van der Waals surface area (Å²) >= 11 is 0. The maximum Gasteiger partial charge on any atom is 0.127 e. The number of aliphatic hydroxyl groups excluding tert-OH is 1. The van der Waals surface area contributed by atoms with Crippen molar-refractivity contribution >= 4 is 5.71 Å². The second-order valence-electron chi connectivity index (χ2n) is 4.67. The number of pyridine rings is 1. The molecule has 102 valence electrons. The fraction of sp³-hybridized carbons (Fsp3) is 0.200. The predicted octanol–water partition coefficient (Wildman–Crippen LogP) is 1.46. The lowest BCUT2D eigenvalue weighted by Gasteiger charge is -2.30. The van der Waals surface area contributed by atoms with E-state index in [4.69, 9.17) is 0 Å². The molecule has 0 saturated carbocycles. The third kappa shape index (κ3) is 1.78. The maximum atomic E-state index is 14.3. The number of benzene rings is 1. The Kier molecular flexibility index (Phi) is 3.20. The van der Waals surface area contributed by atoms with Crippen molar-refractivity contribution in [2.75, 3.05) is 13.2 Å². The number of aromatic nitrogens is 1. The van der Waals surface area contributed by atoms with E-state index in [2.05, 4.69) is 15.5 Å². The van der Waals surface area contributed by atoms with Gasteiger partial charge in [0.2, 0.25) is 0 Å². The van der Waals surface area contributed by atoms with Crippen LogP contribution in [0.3, 0.4) is 0 Å². The van der Waals surface area contributed by atoms with Gasteiger partial charge < -0.3 is 10.5 Å². The molecule has 2 N–H and O–H groups in total. The van der Waals surface area contributed by atoms with Crippen LogP contribution < -0.4 is 5.43 Å². The van der Waals surface area contributed by atoms with Gasteiger partial charge >= 0.3 is 0 Å². The van der Waals surface area contributed by atoms with Gasteiger partial charge in [-0.1, -0.05) is 18.2 Å². The molecule has 1 aliphatic heterocycles. The summed E-state index contributed by atoms with van der Waals surface area (Å²) in [6.07, 6.45) is 3.32. The molecule has 2 aromatic rings. The van der Waals surface area contributed by atoms with Crippen molar-refractivity contribution in [3.63, 3.8) is 0 Å². The molecule has 0 amide bonds. The van der Waals surface area contributed by atoms with E-state index in [1.54, 1.807) is 30.6 Å². The zero-order chi connectivity index (χ0) is 14.0. The second kappa shape index (κ2) is 5.02. The number of hydrogen-bond acceptors (Lipinski definition) is 4. The van der Waals surface area contributed by atoms with Crippen molar-refractivity contribution in [1.82, 2.24) is 10.4 Å². The molecule has 5 heteroatoms. The molecular formula is C15H14FN3O. The first-order valence-corrected chi connectivity index (χ1v) is 6.35. The Bertz CT molecular complexity index is 645. The molecule has 4 nitrogen and oxygen atoms in total. The third-order valence-electron chi connectivity index (χ3n) is 3.71. The molecule has 3 rings (SSSR count). The summed E-state index contributed by atoms with van der Waals surface area (Å²) in [6, 6.07) is 10.2. The van der Waals surface area contributed by atoms with E-state index in [0.29, 0.717) is 17.8 Å². The number of rotatable bonds is 3. The number of hydrazone groups is 1. The topological polar surface area (TPSA) is 57.5 Å². The van der Waals surface area contributed by atoms with Crippen molar-refractivity contribution in [2.45, 2.75) is 5.41 Å². The third-order valence-corrected chi connectivity index (χ3v) is 3.71. The minimum atomic E-state index is -0.789. The highest BCUT2D eigenvalue weighted by Gasteiger charge is 2.44. The Morgan fingerprint density at radius 2 is 1.95 bits per heavy atom. The van der Waals surface area contributed by atoms with Crippen molar-refractivity contribution < 1.29 is 9.50 Å². The first kappa shape index (κ1) is 12.7. The Hall–Kier alpha value is -2.27. The fourth-order valence-corrected chi connectivity index (χ4v) is 2.74. The van der Waals surface area contributed by atoms with E-state index in [-0.39, 0.29) is 12.4 Å². The molecule has 0 fully saturated rings. The Morgan fingerprint density at radius 3 is 2.65 bits per heavy atom. The molecule has 0 radical (unpaired) electrons. The summed E-state index contributed by atoms with van der Waals surface area (Å²) in [5, 5.41) is 13.7. The van der Waals surface area contributed by atoms with Gasteiger partial charge in [-0.15, -0.1) is 0 Å². The van der Waals surface area contributed by atoms with Crippen LogP contribution in [0.15, 0.2) is 53.9 Å². The molecule has 0 bridgehead atoms. The Labute approximate surface area is 116 Å². The summed E-state index contributed by atoms with van der Waals surface area (Å²) in [5.41, 5.74) is 3.96. The number of nitrogens with one attached hydrogen (secondary N) is 1. The summed E-state index contributed by atoms with van der Waals surface area (Å²) in [5.74, 6) is -0.311. The van der Waals surface area contributed by atoms with E-state index in [9.17, 15) is 9.50 Å². The zero-order valence-corrected chi connectivity index (χ0v) is 10.8. The second-order valence-corrected chi connectivity index (χ2v) is 4.67. The number of nitrogens with zero attached hydrogens (tertiary/aromatic N) is 2. The molecular weight excluding hydrogens is 257 g/mol. The summed E-state index contributed by atoms with van der Waals surface area (Å²) in [7, 11) is 0. The highest BCUT2D eigenvalue weighted by molar-refractivity contribution is 6.00. The van der Waals surface area contributed by atoms with Crippen LogP contribution in [-0.2, 0) is 5.41 Å². The van der Waals surface area contributed by atoms with E-state index in [1.165, 1.54) is 6.07 Å². The fourth-order valence-electron chi connectivity index (χ4n) is 2.74. The maximum absolute atomic E-state index is 14.3. The van der Waals surface area contributed by atoms with Gasteiger partial charge in [0.15, 0.2) is 0 Å². The molecule has 20 heavy (non-hydrogen) atoms. The number of halogens is 1. The summed E-state index contributed by atoms with van der Waals surface area (Å²) in [6.45, 7) is 0.178. The van der Waals surface area contributed by atoms with Crippen LogP contribution in [0, 0.1) is 5.82 Å². The van der Waals surface area contributed by atoms with Crippen molar-refractivity contribution in [3.05, 3.63) is 65.7 Å². The molecule has 2 heterocycles. The van der Waals surface area contributed by atoms with Gasteiger partial charge in [0.25, 0.3) is 0 Å². The van der Waals surface area contributed by atoms with E-state index in [1.807, 2.05) is 12.1 Å². The van der Waals surface area contributed by atoms with E-state index >= 15 is 0 Å². The molecule has 1 aromatic heterocycles. The molecule has 0 saturated heterocycles. The summed E-state index contributed by atoms with van der Waals surface area (Å²) < 4.78 is 14.3. The van der Waals surface area contributed by atoms with Crippen molar-refractivity contribution in [2.24, 2.45) is 5.10 Å². The molecule has 1 aromatic carbocycles. The molecule has 0 spiro atoms. The minimum Gasteiger partial charge on any atom is -0.390 e. The average molecular weight is 271 g/mol. The van der Waals surface area contributed by atoms with Crippen LogP contribution >= 0.6 is 0 Å². The van der Waals surface area contributed by atoms with Crippen LogP contribution in [0.1, 0.15) is 11.1 Å². The first-order chi connectivity index (χ1) is 9.79. The van der Waals surface area contributed by atoms with E-state index < -0.39 is 5.41 Å². The molecule has 1 aliphatic rings. The van der Waals surface area contributed by atoms with Gasteiger partial charge in [0, 0.05) is 18.0 Å². The van der Waals surface area contributed by atoms with Crippen LogP contribution in [0.25, 0.3) is 0 Å². The summed E-state index contributed by atoms with van der Waals surface area (Å²) in [4.78, 5) is 4.00. The van der Waals surface area contributed by atoms with Gasteiger partial charge in [0.05, 0.1) is 24.3 Å². The number of aliphatic hydroxyl groups is 1. The van der Waals surface area contributed by atoms with Crippen molar-refractivity contribution in [1.29, 1.82) is 0 Å². The predicted molar refractivity (Wildman–Crippen MR) is 73.9 cm³/mol. The zero-order valence-electron chi connectivity index (χ0n) is 10.8. The van der Waals surface area contributed by atoms with E-state index in [0.717, 1.165) is 5.56 Å². The SMILES string of the molecule is OCC1=NNCC1(c1ccncc1)c1ccccc1F. The smallest absolute Gasteiger partial charge is 0.127 e. The molecule has 1 unspecified atom stereocenters. The Balaban J connectivity index is 2.25. The van der Waals surface area contributed by atoms with Gasteiger partial charge in [-0.25, -0.2) is 4.39 Å². The van der Waals surface area contributed by atoms with Crippen LogP contribution in [0.4, 0.5) is 4.39 Å². The quantitative estimate of drug-likeness (QED) is 0.888. The minimum absolute atomic E-state index is 0.232. The average Bonchev–Trinajstić information content (AvgIpc) is 2.93. The van der Waals surface area contributed by atoms with Crippen molar-refractivity contribution in [3.8, 4) is 0 Å². The standard InChI is InChI=1S/C15H14FN3O/c16-13-4-2-1-3-12(13)15(10-18-19-14(15)9-20)11-5-7-17-8-6-11/h1-8,18,20H,9-10H2. The lowest BCUT2D eigenvalue weighted by Crippen LogP contribution is -2.41. The van der Waals surface area contributed by atoms with Gasteiger partial charge in [-0.05, 0) is 23.8 Å². The lowest BCUT2D eigenvalue weighted by molar-refractivity contribution is 0.350. The highest BCUT2D eigenvalue weighted by Crippen LogP contribution is 2.37. The molecule has 0 aliphatic carbocycles. The van der Waals surface area contributed by atoms with Gasteiger partial charge in [-0.3, -0.25) is 4.98 Å². The Morgan fingerprint density at radius 1 is 1.20 bits per heavy atom. The highest BCUT2D eigenvalue weighted by atomic mass is 19.1. The number of hydrogen-bond donors (Lipinski definition) is 2. The lowest BCUT2D eigenvalue weighted by atomic mass is 9.71. The first-order valence-electron chi connectivity index (χ1n) is 6.35. The van der Waals surface area contributed by atoms with Crippen LogP contribution in [-0.4, -0.2) is 29.0 Å². The van der Waals surface area contributed by atoms with Gasteiger partial charge in [-0.2, -0.15) is 5.10 Å². The van der Waals surface area contributed by atoms with Crippen LogP contribution in [0.5, 0.6) is 0 Å². The van der Waals surface area contributed by atoms with Crippen LogP contribution in [0.2, 0.25) is 0 Å². The monoisotopic (exact) mass is 271 g/mol.